The molecular formula is C11H13ClN2S2. The van der Waals surface area contributed by atoms with E-state index in [1.54, 1.807) is 22.7 Å². The molecule has 0 aliphatic rings. The SMILES string of the molecule is CC(NCCc1nccs1)c1ccc(Cl)s1. The van der Waals surface area contributed by atoms with Crippen LogP contribution in [0.4, 0.5) is 0 Å². The zero-order valence-electron chi connectivity index (χ0n) is 8.94. The van der Waals surface area contributed by atoms with Crippen LogP contribution in [0.5, 0.6) is 0 Å². The van der Waals surface area contributed by atoms with Crippen LogP contribution in [0.15, 0.2) is 23.7 Å². The first-order chi connectivity index (χ1) is 7.75. The predicted molar refractivity (Wildman–Crippen MR) is 71.6 cm³/mol. The van der Waals surface area contributed by atoms with E-state index in [9.17, 15) is 0 Å². The maximum absolute atomic E-state index is 5.90. The van der Waals surface area contributed by atoms with Crippen molar-refractivity contribution in [1.29, 1.82) is 0 Å². The number of rotatable bonds is 5. The Hall–Kier alpha value is -0.420. The van der Waals surface area contributed by atoms with Gasteiger partial charge < -0.3 is 5.32 Å². The van der Waals surface area contributed by atoms with Gasteiger partial charge in [-0.25, -0.2) is 4.98 Å². The summed E-state index contributed by atoms with van der Waals surface area (Å²) in [4.78, 5) is 5.53. The average molecular weight is 273 g/mol. The van der Waals surface area contributed by atoms with E-state index < -0.39 is 0 Å². The normalized spacial score (nSPS) is 12.9. The summed E-state index contributed by atoms with van der Waals surface area (Å²) < 4.78 is 0.851. The van der Waals surface area contributed by atoms with E-state index in [1.807, 2.05) is 17.6 Å². The summed E-state index contributed by atoms with van der Waals surface area (Å²) in [6.07, 6.45) is 2.84. The van der Waals surface area contributed by atoms with Gasteiger partial charge in [0.25, 0.3) is 0 Å². The molecule has 1 unspecified atom stereocenters. The second-order valence-electron chi connectivity index (χ2n) is 3.49. The van der Waals surface area contributed by atoms with Crippen molar-refractivity contribution in [2.75, 3.05) is 6.54 Å². The Labute approximate surface area is 108 Å². The van der Waals surface area contributed by atoms with Crippen molar-refractivity contribution >= 4 is 34.3 Å². The number of nitrogens with zero attached hydrogens (tertiary/aromatic N) is 1. The number of aromatic nitrogens is 1. The molecule has 2 nitrogen and oxygen atoms in total. The Morgan fingerprint density at radius 2 is 2.38 bits per heavy atom. The monoisotopic (exact) mass is 272 g/mol. The highest BCUT2D eigenvalue weighted by molar-refractivity contribution is 7.16. The van der Waals surface area contributed by atoms with Gasteiger partial charge in [-0.2, -0.15) is 0 Å². The van der Waals surface area contributed by atoms with E-state index in [-0.39, 0.29) is 0 Å². The first kappa shape index (κ1) is 12.0. The molecule has 0 fully saturated rings. The third-order valence-electron chi connectivity index (χ3n) is 2.29. The fraction of sp³-hybridized carbons (Fsp3) is 0.364. The minimum absolute atomic E-state index is 0.359. The second kappa shape index (κ2) is 5.77. The number of thiophene rings is 1. The molecule has 86 valence electrons. The summed E-state index contributed by atoms with van der Waals surface area (Å²) in [5.74, 6) is 0. The average Bonchev–Trinajstić information content (AvgIpc) is 2.89. The standard InChI is InChI=1S/C11H13ClN2S2/c1-8(9-2-3-10(12)16-9)13-5-4-11-14-6-7-15-11/h2-3,6-8,13H,4-5H2,1H3. The summed E-state index contributed by atoms with van der Waals surface area (Å²) in [5.41, 5.74) is 0. The van der Waals surface area contributed by atoms with Crippen LogP contribution in [0.3, 0.4) is 0 Å². The van der Waals surface area contributed by atoms with Crippen molar-refractivity contribution in [2.24, 2.45) is 0 Å². The lowest BCUT2D eigenvalue weighted by Gasteiger charge is -2.10. The number of hydrogen-bond acceptors (Lipinski definition) is 4. The summed E-state index contributed by atoms with van der Waals surface area (Å²) in [6.45, 7) is 3.11. The van der Waals surface area contributed by atoms with Crippen LogP contribution >= 0.6 is 34.3 Å². The molecule has 0 aliphatic carbocycles. The fourth-order valence-electron chi connectivity index (χ4n) is 1.43. The van der Waals surface area contributed by atoms with Crippen molar-refractivity contribution in [3.8, 4) is 0 Å². The summed E-state index contributed by atoms with van der Waals surface area (Å²) in [6, 6.07) is 4.38. The Morgan fingerprint density at radius 3 is 3.00 bits per heavy atom. The molecule has 16 heavy (non-hydrogen) atoms. The largest absolute Gasteiger partial charge is 0.309 e. The third kappa shape index (κ3) is 3.28. The summed E-state index contributed by atoms with van der Waals surface area (Å²) >= 11 is 9.24. The smallest absolute Gasteiger partial charge is 0.0937 e. The van der Waals surface area contributed by atoms with Crippen molar-refractivity contribution < 1.29 is 0 Å². The second-order valence-corrected chi connectivity index (χ2v) is 6.22. The third-order valence-corrected chi connectivity index (χ3v) is 4.55. The molecule has 0 amide bonds. The van der Waals surface area contributed by atoms with E-state index in [2.05, 4.69) is 23.3 Å². The van der Waals surface area contributed by atoms with E-state index >= 15 is 0 Å². The lowest BCUT2D eigenvalue weighted by atomic mass is 10.2. The molecule has 5 heteroatoms. The molecule has 2 aromatic rings. The molecule has 2 rings (SSSR count). The number of hydrogen-bond donors (Lipinski definition) is 1. The van der Waals surface area contributed by atoms with Gasteiger partial charge in [0, 0.05) is 35.5 Å². The van der Waals surface area contributed by atoms with Gasteiger partial charge >= 0.3 is 0 Å². The Bertz CT molecular complexity index is 425. The van der Waals surface area contributed by atoms with Crippen molar-refractivity contribution in [3.05, 3.63) is 37.9 Å². The minimum atomic E-state index is 0.359. The predicted octanol–water partition coefficient (Wildman–Crippen LogP) is 3.75. The molecule has 1 N–H and O–H groups in total. The van der Waals surface area contributed by atoms with Gasteiger partial charge in [0.2, 0.25) is 0 Å². The van der Waals surface area contributed by atoms with Gasteiger partial charge in [0.15, 0.2) is 0 Å². The fourth-order valence-corrected chi connectivity index (χ4v) is 3.14. The molecular weight excluding hydrogens is 260 g/mol. The van der Waals surface area contributed by atoms with Crippen LogP contribution in [0.25, 0.3) is 0 Å². The lowest BCUT2D eigenvalue weighted by molar-refractivity contribution is 0.584. The number of thiazole rings is 1. The van der Waals surface area contributed by atoms with Gasteiger partial charge in [0.1, 0.15) is 0 Å². The summed E-state index contributed by atoms with van der Waals surface area (Å²) in [7, 11) is 0. The van der Waals surface area contributed by atoms with Crippen LogP contribution in [0, 0.1) is 0 Å². The molecule has 0 aliphatic heterocycles. The summed E-state index contributed by atoms with van der Waals surface area (Å²) in [5, 5.41) is 6.66. The minimum Gasteiger partial charge on any atom is -0.309 e. The highest BCUT2D eigenvalue weighted by Gasteiger charge is 2.07. The Balaban J connectivity index is 1.78. The first-order valence-electron chi connectivity index (χ1n) is 5.12. The highest BCUT2D eigenvalue weighted by Crippen LogP contribution is 2.26. The molecule has 1 atom stereocenters. The topological polar surface area (TPSA) is 24.9 Å². The van der Waals surface area contributed by atoms with Crippen molar-refractivity contribution in [2.45, 2.75) is 19.4 Å². The van der Waals surface area contributed by atoms with Crippen molar-refractivity contribution in [3.63, 3.8) is 0 Å². The molecule has 0 saturated carbocycles. The molecule has 0 saturated heterocycles. The van der Waals surface area contributed by atoms with Crippen molar-refractivity contribution in [1.82, 2.24) is 10.3 Å². The van der Waals surface area contributed by atoms with E-state index in [4.69, 9.17) is 11.6 Å². The van der Waals surface area contributed by atoms with Crippen LogP contribution in [-0.4, -0.2) is 11.5 Å². The molecule has 0 bridgehead atoms. The van der Waals surface area contributed by atoms with Crippen LogP contribution < -0.4 is 5.32 Å². The zero-order chi connectivity index (χ0) is 11.4. The van der Waals surface area contributed by atoms with E-state index in [0.29, 0.717) is 6.04 Å². The highest BCUT2D eigenvalue weighted by atomic mass is 35.5. The Morgan fingerprint density at radius 1 is 1.50 bits per heavy atom. The number of halogens is 1. The van der Waals surface area contributed by atoms with Gasteiger partial charge in [0.05, 0.1) is 9.34 Å². The number of nitrogens with one attached hydrogen (secondary N) is 1. The van der Waals surface area contributed by atoms with Crippen LogP contribution in [0.2, 0.25) is 4.34 Å². The molecule has 0 spiro atoms. The maximum atomic E-state index is 5.90. The van der Waals surface area contributed by atoms with E-state index in [1.165, 1.54) is 9.88 Å². The van der Waals surface area contributed by atoms with Gasteiger partial charge in [-0.15, -0.1) is 22.7 Å². The first-order valence-corrected chi connectivity index (χ1v) is 7.20. The molecule has 0 aromatic carbocycles. The maximum Gasteiger partial charge on any atom is 0.0937 e. The van der Waals surface area contributed by atoms with Gasteiger partial charge in [-0.1, -0.05) is 11.6 Å². The molecule has 2 heterocycles. The van der Waals surface area contributed by atoms with Crippen LogP contribution in [-0.2, 0) is 6.42 Å². The lowest BCUT2D eigenvalue weighted by Crippen LogP contribution is -2.20. The van der Waals surface area contributed by atoms with Gasteiger partial charge in [-0.3, -0.25) is 0 Å². The quantitative estimate of drug-likeness (QED) is 0.897. The zero-order valence-corrected chi connectivity index (χ0v) is 11.3. The van der Waals surface area contributed by atoms with Gasteiger partial charge in [-0.05, 0) is 19.1 Å². The Kier molecular flexibility index (Phi) is 4.35. The molecule has 0 radical (unpaired) electrons. The van der Waals surface area contributed by atoms with Crippen LogP contribution in [0.1, 0.15) is 22.9 Å². The molecule has 2 aromatic heterocycles. The van der Waals surface area contributed by atoms with E-state index in [0.717, 1.165) is 17.3 Å².